The second-order valence-corrected chi connectivity index (χ2v) is 15.5. The molecule has 5 aromatic heterocycles. The molecule has 0 radical (unpaired) electrons. The molecule has 0 unspecified atom stereocenters. The van der Waals surface area contributed by atoms with Gasteiger partial charge in [0.05, 0.1) is 44.8 Å². The molecule has 0 aliphatic heterocycles. The van der Waals surface area contributed by atoms with E-state index in [1.54, 1.807) is 0 Å². The molecular formula is C56H36N6. The standard InChI is InChI=1S/C56H36N6/c1-3-15-37(16-4-1)50-36-51(38-17-5-2-6-18-38)60-56(59-50)41-31-42(61-52-23-9-7-19-44(52)46-33-39(25-27-54(46)61)48-21-11-13-29-57-48)35-43(32-41)62-53-24-10-8-20-45(53)47-34-40(26-28-55(47)62)49-22-12-14-30-58-49/h1-36H. The molecule has 0 spiro atoms. The number of aromatic nitrogens is 6. The highest BCUT2D eigenvalue weighted by Gasteiger charge is 2.20. The van der Waals surface area contributed by atoms with Crippen LogP contribution in [0.1, 0.15) is 0 Å². The molecule has 0 atom stereocenters. The van der Waals surface area contributed by atoms with Crippen molar-refractivity contribution in [3.05, 3.63) is 219 Å². The van der Waals surface area contributed by atoms with Crippen molar-refractivity contribution in [1.29, 1.82) is 0 Å². The summed E-state index contributed by atoms with van der Waals surface area (Å²) in [4.78, 5) is 20.1. The van der Waals surface area contributed by atoms with Crippen LogP contribution in [-0.4, -0.2) is 29.1 Å². The number of rotatable bonds is 7. The van der Waals surface area contributed by atoms with Gasteiger partial charge < -0.3 is 9.13 Å². The summed E-state index contributed by atoms with van der Waals surface area (Å²) >= 11 is 0. The van der Waals surface area contributed by atoms with Gasteiger partial charge >= 0.3 is 0 Å². The minimum atomic E-state index is 0.643. The lowest BCUT2D eigenvalue weighted by Gasteiger charge is -2.16. The van der Waals surface area contributed by atoms with E-state index in [1.165, 1.54) is 10.8 Å². The number of hydrogen-bond acceptors (Lipinski definition) is 4. The molecule has 5 heterocycles. The van der Waals surface area contributed by atoms with E-state index in [0.717, 1.165) is 94.8 Å². The van der Waals surface area contributed by atoms with Crippen LogP contribution in [0.5, 0.6) is 0 Å². The fourth-order valence-electron chi connectivity index (χ4n) is 8.96. The lowest BCUT2D eigenvalue weighted by atomic mass is 10.1. The Hall–Kier alpha value is -8.48. The second kappa shape index (κ2) is 14.7. The Kier molecular flexibility index (Phi) is 8.38. The lowest BCUT2D eigenvalue weighted by Crippen LogP contribution is -2.02. The first-order valence-corrected chi connectivity index (χ1v) is 20.8. The van der Waals surface area contributed by atoms with Crippen molar-refractivity contribution in [3.8, 4) is 67.8 Å². The van der Waals surface area contributed by atoms with Crippen LogP contribution < -0.4 is 0 Å². The topological polar surface area (TPSA) is 61.4 Å². The van der Waals surface area contributed by atoms with E-state index >= 15 is 0 Å². The first-order chi connectivity index (χ1) is 30.7. The minimum absolute atomic E-state index is 0.643. The van der Waals surface area contributed by atoms with Gasteiger partial charge in [-0.15, -0.1) is 0 Å². The third-order valence-electron chi connectivity index (χ3n) is 11.8. The number of pyridine rings is 2. The second-order valence-electron chi connectivity index (χ2n) is 15.5. The van der Waals surface area contributed by atoms with Crippen LogP contribution in [0.15, 0.2) is 219 Å². The van der Waals surface area contributed by atoms with Gasteiger partial charge in [-0.25, -0.2) is 9.97 Å². The van der Waals surface area contributed by atoms with Crippen LogP contribution in [0.4, 0.5) is 0 Å². The zero-order valence-electron chi connectivity index (χ0n) is 33.5. The number of fused-ring (bicyclic) bond motifs is 6. The molecule has 0 aliphatic rings. The Morgan fingerprint density at radius 1 is 0.274 bits per heavy atom. The summed E-state index contributed by atoms with van der Waals surface area (Å²) in [6.07, 6.45) is 3.70. The van der Waals surface area contributed by atoms with E-state index in [4.69, 9.17) is 9.97 Å². The molecule has 0 amide bonds. The number of nitrogens with zero attached hydrogens (tertiary/aromatic N) is 6. The molecule has 6 heteroatoms. The number of para-hydroxylation sites is 2. The van der Waals surface area contributed by atoms with Gasteiger partial charge in [-0.1, -0.05) is 121 Å². The molecule has 7 aromatic carbocycles. The normalized spacial score (nSPS) is 11.5. The summed E-state index contributed by atoms with van der Waals surface area (Å²) < 4.78 is 4.76. The third kappa shape index (κ3) is 6.04. The Balaban J connectivity index is 1.15. The fraction of sp³-hybridized carbons (Fsp3) is 0. The van der Waals surface area contributed by atoms with Crippen molar-refractivity contribution in [2.75, 3.05) is 0 Å². The maximum absolute atomic E-state index is 5.34. The predicted molar refractivity (Wildman–Crippen MR) is 253 cm³/mol. The first kappa shape index (κ1) is 35.5. The minimum Gasteiger partial charge on any atom is -0.309 e. The van der Waals surface area contributed by atoms with Gasteiger partial charge in [-0.2, -0.15) is 0 Å². The zero-order valence-corrected chi connectivity index (χ0v) is 33.5. The molecule has 62 heavy (non-hydrogen) atoms. The average molecular weight is 793 g/mol. The predicted octanol–water partition coefficient (Wildman–Crippen LogP) is 13.8. The average Bonchev–Trinajstić information content (AvgIpc) is 3.87. The molecule has 6 nitrogen and oxygen atoms in total. The van der Waals surface area contributed by atoms with Crippen LogP contribution in [0, 0.1) is 0 Å². The maximum atomic E-state index is 5.34. The SMILES string of the molecule is c1ccc(-c2cc(-c3ccccc3)nc(-c3cc(-n4c5ccccc5c5cc(-c6ccccn6)ccc54)cc(-n4c5ccccc5c5cc(-c6ccccn6)ccc54)c3)n2)cc1. The molecular weight excluding hydrogens is 757 g/mol. The highest BCUT2D eigenvalue weighted by molar-refractivity contribution is 6.12. The largest absolute Gasteiger partial charge is 0.309 e. The van der Waals surface area contributed by atoms with E-state index < -0.39 is 0 Å². The Labute approximate surface area is 357 Å². The molecule has 0 saturated carbocycles. The highest BCUT2D eigenvalue weighted by atomic mass is 15.0. The lowest BCUT2D eigenvalue weighted by molar-refractivity contribution is 1.12. The van der Waals surface area contributed by atoms with Crippen LogP contribution in [0.2, 0.25) is 0 Å². The van der Waals surface area contributed by atoms with Crippen molar-refractivity contribution >= 4 is 43.6 Å². The molecule has 0 N–H and O–H groups in total. The molecule has 0 aliphatic carbocycles. The van der Waals surface area contributed by atoms with E-state index in [0.29, 0.717) is 5.82 Å². The summed E-state index contributed by atoms with van der Waals surface area (Å²) in [5.74, 6) is 0.643. The summed E-state index contributed by atoms with van der Waals surface area (Å²) in [7, 11) is 0. The first-order valence-electron chi connectivity index (χ1n) is 20.8. The van der Waals surface area contributed by atoms with Gasteiger partial charge in [0.1, 0.15) is 0 Å². The van der Waals surface area contributed by atoms with Gasteiger partial charge in [-0.05, 0) is 84.9 Å². The van der Waals surface area contributed by atoms with Gasteiger partial charge in [0.2, 0.25) is 0 Å². The molecule has 0 fully saturated rings. The Morgan fingerprint density at radius 2 is 0.710 bits per heavy atom. The summed E-state index contributed by atoms with van der Waals surface area (Å²) in [5.41, 5.74) is 15.1. The third-order valence-corrected chi connectivity index (χ3v) is 11.8. The molecule has 290 valence electrons. The summed E-state index contributed by atoms with van der Waals surface area (Å²) in [6.45, 7) is 0. The van der Waals surface area contributed by atoms with Crippen LogP contribution in [0.3, 0.4) is 0 Å². The Morgan fingerprint density at radius 3 is 1.18 bits per heavy atom. The van der Waals surface area contributed by atoms with E-state index in [9.17, 15) is 0 Å². The van der Waals surface area contributed by atoms with Crippen molar-refractivity contribution in [2.45, 2.75) is 0 Å². The summed E-state index contributed by atoms with van der Waals surface area (Å²) in [5, 5.41) is 4.64. The van der Waals surface area contributed by atoms with Gasteiger partial charge in [0.15, 0.2) is 5.82 Å². The molecule has 0 saturated heterocycles. The van der Waals surface area contributed by atoms with Crippen LogP contribution in [0.25, 0.3) is 111 Å². The quantitative estimate of drug-likeness (QED) is 0.161. The highest BCUT2D eigenvalue weighted by Crippen LogP contribution is 2.40. The van der Waals surface area contributed by atoms with Crippen LogP contribution in [-0.2, 0) is 0 Å². The van der Waals surface area contributed by atoms with Crippen molar-refractivity contribution in [1.82, 2.24) is 29.1 Å². The smallest absolute Gasteiger partial charge is 0.160 e. The number of benzene rings is 7. The molecule has 12 aromatic rings. The van der Waals surface area contributed by atoms with Crippen LogP contribution >= 0.6 is 0 Å². The molecule has 12 rings (SSSR count). The zero-order chi connectivity index (χ0) is 41.0. The van der Waals surface area contributed by atoms with E-state index in [-0.39, 0.29) is 0 Å². The fourth-order valence-corrected chi connectivity index (χ4v) is 8.96. The van der Waals surface area contributed by atoms with Crippen molar-refractivity contribution in [3.63, 3.8) is 0 Å². The van der Waals surface area contributed by atoms with E-state index in [2.05, 4.69) is 189 Å². The van der Waals surface area contributed by atoms with Gasteiger partial charge in [0.25, 0.3) is 0 Å². The van der Waals surface area contributed by atoms with Crippen molar-refractivity contribution < 1.29 is 0 Å². The van der Waals surface area contributed by atoms with Crippen molar-refractivity contribution in [2.24, 2.45) is 0 Å². The Bertz CT molecular complexity index is 3380. The molecule has 0 bridgehead atoms. The maximum Gasteiger partial charge on any atom is 0.160 e. The van der Waals surface area contributed by atoms with E-state index in [1.807, 2.05) is 48.8 Å². The monoisotopic (exact) mass is 792 g/mol. The number of hydrogen-bond donors (Lipinski definition) is 0. The van der Waals surface area contributed by atoms with Gasteiger partial charge in [-0.3, -0.25) is 9.97 Å². The summed E-state index contributed by atoms with van der Waals surface area (Å²) in [6, 6.07) is 72.4. The van der Waals surface area contributed by atoms with Gasteiger partial charge in [0, 0.05) is 73.1 Å².